The molecule has 12 nitrogen and oxygen atoms in total. The van der Waals surface area contributed by atoms with Crippen LogP contribution in [0.25, 0.3) is 0 Å². The minimum Gasteiger partial charge on any atom is -0.417 e. The molecule has 0 aliphatic carbocycles. The maximum absolute atomic E-state index is 8.26. The van der Waals surface area contributed by atoms with E-state index in [0.29, 0.717) is 6.04 Å². The molecule has 0 rings (SSSR count). The highest BCUT2D eigenvalue weighted by molar-refractivity contribution is 7.04. The van der Waals surface area contributed by atoms with Gasteiger partial charge in [-0.25, -0.2) is 0 Å². The number of hydrogen-bond acceptors (Lipinski definition) is 12. The number of hydrogen-bond donors (Lipinski definition) is 0. The smallest absolute Gasteiger partial charge is 0.417 e. The molecule has 70 heavy (non-hydrogen) atoms. The Balaban J connectivity index is 9.11. The van der Waals surface area contributed by atoms with E-state index < -0.39 is 135 Å². The van der Waals surface area contributed by atoms with Crippen LogP contribution in [-0.4, -0.2) is 135 Å². The van der Waals surface area contributed by atoms with E-state index >= 15 is 0 Å². The molecule has 0 saturated carbocycles. The van der Waals surface area contributed by atoms with E-state index in [1.54, 1.807) is 0 Å². The fraction of sp³-hybridized carbons (Fsp3) is 1.00. The molecule has 0 aromatic heterocycles. The van der Waals surface area contributed by atoms with Gasteiger partial charge in [0.25, 0.3) is 0 Å². The fourth-order valence-corrected chi connectivity index (χ4v) is 81.8. The van der Waals surface area contributed by atoms with Gasteiger partial charge in [-0.15, -0.1) is 0 Å². The quantitative estimate of drug-likeness (QED) is 0.0598. The molecule has 0 fully saturated rings. The van der Waals surface area contributed by atoms with E-state index in [1.165, 1.54) is 0 Å². The van der Waals surface area contributed by atoms with Crippen molar-refractivity contribution in [1.82, 2.24) is 0 Å². The first-order valence-corrected chi connectivity index (χ1v) is 73.4. The zero-order valence-electron chi connectivity index (χ0n) is 53.0. The highest BCUT2D eigenvalue weighted by Gasteiger charge is 2.68. The van der Waals surface area contributed by atoms with Crippen LogP contribution in [0.4, 0.5) is 0 Å². The van der Waals surface area contributed by atoms with E-state index in [1.807, 2.05) is 0 Å². The Morgan fingerprint density at radius 3 is 0.457 bits per heavy atom. The molecule has 0 bridgehead atoms. The van der Waals surface area contributed by atoms with Crippen molar-refractivity contribution in [2.45, 2.75) is 272 Å². The predicted molar refractivity (Wildman–Crippen MR) is 342 cm³/mol. The minimum atomic E-state index is -3.80. The monoisotopic (exact) mass is 1260 g/mol. The van der Waals surface area contributed by atoms with Crippen molar-refractivity contribution in [2.75, 3.05) is 0 Å². The number of rotatable bonds is 32. The van der Waals surface area contributed by atoms with Gasteiger partial charge in [0.1, 0.15) is 0 Å². The SMILES string of the molecule is CCC[Si](O[Si](C)(C)C(C)[Si](O[Si](C)(C)C)(O[Si](C)(C)C)O[Si](C)(C)C)(O[Si](C)(C)C(C)[Si](O[Si](C)(C)C)(O[Si](C)(C)C)O[Si](C)(C)C)O[Si](C)(C)C(C)[Si](O[Si](C)(C)C)(O[Si](C)(C)C)O[Si](C)(C)C. The first-order chi connectivity index (χ1) is 30.0. The van der Waals surface area contributed by atoms with Crippen molar-refractivity contribution in [3.8, 4) is 0 Å². The van der Waals surface area contributed by atoms with Crippen LogP contribution in [-0.2, 0) is 49.4 Å². The molecular weight excluding hydrogens is 1150 g/mol. The Bertz CT molecular complexity index is 1330. The average molecular weight is 1260 g/mol. The van der Waals surface area contributed by atoms with E-state index in [9.17, 15) is 0 Å². The molecule has 0 amide bonds. The molecule has 0 aromatic carbocycles. The summed E-state index contributed by atoms with van der Waals surface area (Å²) < 4.78 is 92.2. The van der Waals surface area contributed by atoms with Gasteiger partial charge in [-0.1, -0.05) is 34.1 Å². The Morgan fingerprint density at radius 2 is 0.357 bits per heavy atom. The maximum atomic E-state index is 8.26. The highest BCUT2D eigenvalue weighted by atomic mass is 28.6. The topological polar surface area (TPSA) is 111 Å². The molecule has 0 N–H and O–H groups in total. The normalized spacial score (nSPS) is 18.0. The summed E-state index contributed by atoms with van der Waals surface area (Å²) in [6.07, 6.45) is 0.809. The van der Waals surface area contributed by atoms with Gasteiger partial charge < -0.3 is 49.4 Å². The van der Waals surface area contributed by atoms with Crippen molar-refractivity contribution in [3.05, 3.63) is 0 Å². The first kappa shape index (κ1) is 73.0. The molecular formula is C42H118O12Si16. The molecule has 3 atom stereocenters. The van der Waals surface area contributed by atoms with Crippen LogP contribution in [0.3, 0.4) is 0 Å². The fourth-order valence-electron chi connectivity index (χ4n) is 8.09. The van der Waals surface area contributed by atoms with Crippen molar-refractivity contribution in [3.63, 3.8) is 0 Å². The third-order valence-corrected chi connectivity index (χ3v) is 72.9. The molecule has 0 radical (unpaired) electrons. The molecule has 0 aliphatic heterocycles. The summed E-state index contributed by atoms with van der Waals surface area (Å²) in [6, 6.07) is 0.635. The standard InChI is InChI=1S/C42H118O12Si16/c1-38-39-67(52-64(32,33)40(2)68(43-55(5,6)7,44-56(8,9)10)45-57(11,12)13,53-65(34,35)41(3)69(46-58(14,15)16,47-59(17,18)19)48-60(20,21)22)54-66(36,37)42(4)70(49-61(23,24)25,50-62(26,27)28)51-63(29,30)31/h40-42H,38-39H2,1-37H3. The summed E-state index contributed by atoms with van der Waals surface area (Å²) in [5.41, 5.74) is 0. The van der Waals surface area contributed by atoms with Gasteiger partial charge in [0.15, 0.2) is 99.8 Å². The highest BCUT2D eigenvalue weighted by Crippen LogP contribution is 2.48. The van der Waals surface area contributed by atoms with Crippen LogP contribution in [0.5, 0.6) is 0 Å². The molecule has 0 saturated heterocycles. The molecule has 0 aliphatic rings. The van der Waals surface area contributed by atoms with Crippen LogP contribution < -0.4 is 0 Å². The van der Waals surface area contributed by atoms with E-state index in [2.05, 4.69) is 244 Å². The zero-order valence-corrected chi connectivity index (χ0v) is 69.0. The van der Waals surface area contributed by atoms with Crippen molar-refractivity contribution < 1.29 is 49.4 Å². The lowest BCUT2D eigenvalue weighted by atomic mass is 10.6. The van der Waals surface area contributed by atoms with Crippen LogP contribution in [0.15, 0.2) is 0 Å². The van der Waals surface area contributed by atoms with Gasteiger partial charge in [0.05, 0.1) is 0 Å². The summed E-state index contributed by atoms with van der Waals surface area (Å²) in [6.45, 7) is 84.4. The van der Waals surface area contributed by atoms with Crippen LogP contribution in [0.2, 0.25) is 238 Å². The average Bonchev–Trinajstić information content (AvgIpc) is 2.95. The lowest BCUT2D eigenvalue weighted by Gasteiger charge is -2.54. The van der Waals surface area contributed by atoms with Crippen LogP contribution >= 0.6 is 0 Å². The van der Waals surface area contributed by atoms with Crippen LogP contribution in [0, 0.1) is 0 Å². The van der Waals surface area contributed by atoms with Gasteiger partial charge in [0.2, 0.25) is 0 Å². The summed E-state index contributed by atoms with van der Waals surface area (Å²) in [7, 11) is -43.5. The zero-order chi connectivity index (χ0) is 56.6. The van der Waals surface area contributed by atoms with Crippen molar-refractivity contribution in [1.29, 1.82) is 0 Å². The van der Waals surface area contributed by atoms with Gasteiger partial charge in [-0.2, -0.15) is 0 Å². The second-order valence-electron chi connectivity index (χ2n) is 30.5. The van der Waals surface area contributed by atoms with Crippen molar-refractivity contribution >= 4 is 135 Å². The second kappa shape index (κ2) is 24.4. The predicted octanol–water partition coefficient (Wildman–Crippen LogP) is 16.3. The minimum absolute atomic E-state index is 0.145. The Hall–Kier alpha value is 2.99. The Kier molecular flexibility index (Phi) is 25.4. The third kappa shape index (κ3) is 26.3. The first-order valence-electron chi connectivity index (χ1n) is 26.4. The molecule has 422 valence electrons. The second-order valence-corrected chi connectivity index (χ2v) is 100. The van der Waals surface area contributed by atoms with Gasteiger partial charge in [-0.3, -0.25) is 0 Å². The molecule has 0 aromatic rings. The molecule has 3 unspecified atom stereocenters. The van der Waals surface area contributed by atoms with E-state index in [-0.39, 0.29) is 15.5 Å². The third-order valence-electron chi connectivity index (χ3n) is 10.6. The van der Waals surface area contributed by atoms with Crippen molar-refractivity contribution in [2.24, 2.45) is 0 Å². The lowest BCUT2D eigenvalue weighted by molar-refractivity contribution is 0.219. The Labute approximate surface area is 452 Å². The largest absolute Gasteiger partial charge is 0.471 e. The molecule has 0 spiro atoms. The summed E-state index contributed by atoms with van der Waals surface area (Å²) in [5, 5.41) is -0.434. The Morgan fingerprint density at radius 1 is 0.229 bits per heavy atom. The van der Waals surface area contributed by atoms with E-state index in [0.717, 1.165) is 6.42 Å². The van der Waals surface area contributed by atoms with Gasteiger partial charge in [0, 0.05) is 21.5 Å². The maximum Gasteiger partial charge on any atom is 0.471 e. The summed E-state index contributed by atoms with van der Waals surface area (Å²) in [4.78, 5) is 0. The lowest BCUT2D eigenvalue weighted by Crippen LogP contribution is -2.72. The van der Waals surface area contributed by atoms with Crippen LogP contribution in [0.1, 0.15) is 34.1 Å². The van der Waals surface area contributed by atoms with E-state index in [4.69, 9.17) is 49.4 Å². The van der Waals surface area contributed by atoms with Gasteiger partial charge in [-0.05, 0) is 216 Å². The summed E-state index contributed by atoms with van der Waals surface area (Å²) in [5.74, 6) is 0. The molecule has 28 heteroatoms. The van der Waals surface area contributed by atoms with Gasteiger partial charge >= 0.3 is 35.2 Å². The molecule has 0 heterocycles. The summed E-state index contributed by atoms with van der Waals surface area (Å²) >= 11 is 0.